The van der Waals surface area contributed by atoms with Crippen molar-refractivity contribution in [3.63, 3.8) is 0 Å². The first-order chi connectivity index (χ1) is 6.08. The van der Waals surface area contributed by atoms with Crippen molar-refractivity contribution >= 4 is 0 Å². The van der Waals surface area contributed by atoms with Crippen LogP contribution in [-0.2, 0) is 5.67 Å². The van der Waals surface area contributed by atoms with Crippen molar-refractivity contribution in [2.45, 2.75) is 12.6 Å². The summed E-state index contributed by atoms with van der Waals surface area (Å²) in [4.78, 5) is 0. The van der Waals surface area contributed by atoms with E-state index in [9.17, 15) is 8.78 Å². The molecule has 0 radical (unpaired) electrons. The first-order valence-corrected chi connectivity index (χ1v) is 4.16. The van der Waals surface area contributed by atoms with Crippen molar-refractivity contribution in [3.05, 3.63) is 35.6 Å². The number of benzene rings is 1. The Morgan fingerprint density at radius 1 is 1.38 bits per heavy atom. The Morgan fingerprint density at radius 3 is 2.54 bits per heavy atom. The van der Waals surface area contributed by atoms with Crippen molar-refractivity contribution in [2.24, 2.45) is 0 Å². The van der Waals surface area contributed by atoms with Crippen molar-refractivity contribution in [3.8, 4) is 0 Å². The Hall–Kier alpha value is -0.960. The van der Waals surface area contributed by atoms with Gasteiger partial charge in [0.15, 0.2) is 0 Å². The number of alkyl halides is 1. The lowest BCUT2D eigenvalue weighted by atomic mass is 9.97. The van der Waals surface area contributed by atoms with Crippen LogP contribution in [0.25, 0.3) is 0 Å². The Bertz CT molecular complexity index is 284. The molecule has 1 rings (SSSR count). The van der Waals surface area contributed by atoms with E-state index < -0.39 is 11.5 Å². The van der Waals surface area contributed by atoms with Gasteiger partial charge >= 0.3 is 0 Å². The fourth-order valence-corrected chi connectivity index (χ4v) is 1.31. The normalized spacial score (nSPS) is 15.4. The molecule has 1 atom stereocenters. The number of nitrogens with one attached hydrogen (secondary N) is 1. The van der Waals surface area contributed by atoms with Gasteiger partial charge in [-0.15, -0.1) is 0 Å². The molecule has 1 aromatic carbocycles. The summed E-state index contributed by atoms with van der Waals surface area (Å²) in [6.45, 7) is 1.47. The third-order valence-corrected chi connectivity index (χ3v) is 1.94. The maximum absolute atomic E-state index is 13.8. The zero-order valence-electron chi connectivity index (χ0n) is 7.77. The summed E-state index contributed by atoms with van der Waals surface area (Å²) in [6, 6.07) is 5.91. The van der Waals surface area contributed by atoms with Gasteiger partial charge in [0.1, 0.15) is 11.5 Å². The maximum atomic E-state index is 13.8. The lowest BCUT2D eigenvalue weighted by molar-refractivity contribution is 0.184. The zero-order chi connectivity index (χ0) is 9.90. The predicted molar refractivity (Wildman–Crippen MR) is 48.8 cm³/mol. The molecule has 72 valence electrons. The second-order valence-electron chi connectivity index (χ2n) is 3.21. The molecule has 0 saturated heterocycles. The summed E-state index contributed by atoms with van der Waals surface area (Å²) in [5, 5.41) is 2.69. The van der Waals surface area contributed by atoms with Crippen LogP contribution in [0.1, 0.15) is 12.5 Å². The second kappa shape index (κ2) is 3.83. The molecular weight excluding hydrogens is 172 g/mol. The number of rotatable bonds is 3. The Kier molecular flexibility index (Phi) is 2.98. The summed E-state index contributed by atoms with van der Waals surface area (Å²) in [6.07, 6.45) is 0. The molecule has 0 saturated carbocycles. The molecule has 0 amide bonds. The molecule has 0 aliphatic carbocycles. The molecule has 0 aliphatic rings. The second-order valence-corrected chi connectivity index (χ2v) is 3.21. The van der Waals surface area contributed by atoms with Gasteiger partial charge in [-0.05, 0) is 20.0 Å². The largest absolute Gasteiger partial charge is 0.316 e. The summed E-state index contributed by atoms with van der Waals surface area (Å²) in [7, 11) is 1.64. The highest BCUT2D eigenvalue weighted by molar-refractivity contribution is 5.24. The lowest BCUT2D eigenvalue weighted by Crippen LogP contribution is -2.30. The standard InChI is InChI=1S/C10H13F2N/c1-10(12,7-13-2)8-5-3-4-6-9(8)11/h3-6,13H,7H2,1-2H3. The highest BCUT2D eigenvalue weighted by atomic mass is 19.1. The SMILES string of the molecule is CNCC(C)(F)c1ccccc1F. The van der Waals surface area contributed by atoms with E-state index in [2.05, 4.69) is 5.32 Å². The van der Waals surface area contributed by atoms with Gasteiger partial charge in [-0.3, -0.25) is 0 Å². The van der Waals surface area contributed by atoms with Gasteiger partial charge in [-0.2, -0.15) is 0 Å². The Morgan fingerprint density at radius 2 is 2.00 bits per heavy atom. The molecule has 0 bridgehead atoms. The van der Waals surface area contributed by atoms with E-state index >= 15 is 0 Å². The Balaban J connectivity index is 2.99. The zero-order valence-corrected chi connectivity index (χ0v) is 7.77. The summed E-state index contributed by atoms with van der Waals surface area (Å²) in [5.74, 6) is -0.497. The highest BCUT2D eigenvalue weighted by Gasteiger charge is 2.27. The van der Waals surface area contributed by atoms with Gasteiger partial charge in [0.2, 0.25) is 0 Å². The van der Waals surface area contributed by atoms with Crippen LogP contribution in [-0.4, -0.2) is 13.6 Å². The van der Waals surface area contributed by atoms with Crippen molar-refractivity contribution < 1.29 is 8.78 Å². The van der Waals surface area contributed by atoms with Crippen LogP contribution in [0.5, 0.6) is 0 Å². The first-order valence-electron chi connectivity index (χ1n) is 4.16. The Labute approximate surface area is 76.8 Å². The van der Waals surface area contributed by atoms with Crippen molar-refractivity contribution in [2.75, 3.05) is 13.6 Å². The van der Waals surface area contributed by atoms with Gasteiger partial charge in [-0.25, -0.2) is 8.78 Å². The minimum Gasteiger partial charge on any atom is -0.316 e. The van der Waals surface area contributed by atoms with Crippen LogP contribution in [0.15, 0.2) is 24.3 Å². The quantitative estimate of drug-likeness (QED) is 0.761. The molecule has 0 spiro atoms. The minimum absolute atomic E-state index is 0.101. The molecule has 0 aliphatic heterocycles. The topological polar surface area (TPSA) is 12.0 Å². The highest BCUT2D eigenvalue weighted by Crippen LogP contribution is 2.26. The van der Waals surface area contributed by atoms with Gasteiger partial charge in [0, 0.05) is 12.1 Å². The molecule has 3 heteroatoms. The molecule has 0 heterocycles. The number of hydrogen-bond donors (Lipinski definition) is 1. The molecule has 0 aromatic heterocycles. The van der Waals surface area contributed by atoms with Crippen LogP contribution in [0.2, 0.25) is 0 Å². The third kappa shape index (κ3) is 2.25. The molecule has 0 fully saturated rings. The van der Waals surface area contributed by atoms with E-state index in [1.54, 1.807) is 19.2 Å². The van der Waals surface area contributed by atoms with Gasteiger partial charge in [0.05, 0.1) is 0 Å². The fourth-order valence-electron chi connectivity index (χ4n) is 1.31. The van der Waals surface area contributed by atoms with Gasteiger partial charge < -0.3 is 5.32 Å². The van der Waals surface area contributed by atoms with Crippen molar-refractivity contribution in [1.82, 2.24) is 5.32 Å². The van der Waals surface area contributed by atoms with Gasteiger partial charge in [0.25, 0.3) is 0 Å². The van der Waals surface area contributed by atoms with E-state index in [1.165, 1.54) is 19.1 Å². The molecule has 1 aromatic rings. The van der Waals surface area contributed by atoms with Crippen LogP contribution >= 0.6 is 0 Å². The van der Waals surface area contributed by atoms with E-state index in [1.807, 2.05) is 0 Å². The van der Waals surface area contributed by atoms with E-state index in [4.69, 9.17) is 0 Å². The molecular formula is C10H13F2N. The van der Waals surface area contributed by atoms with Crippen LogP contribution < -0.4 is 5.32 Å². The molecule has 1 nitrogen and oxygen atoms in total. The minimum atomic E-state index is -1.65. The number of halogens is 2. The monoisotopic (exact) mass is 185 g/mol. The smallest absolute Gasteiger partial charge is 0.148 e. The van der Waals surface area contributed by atoms with Gasteiger partial charge in [-0.1, -0.05) is 18.2 Å². The summed E-state index contributed by atoms with van der Waals surface area (Å²) >= 11 is 0. The predicted octanol–water partition coefficient (Wildman–Crippen LogP) is 2.23. The van der Waals surface area contributed by atoms with E-state index in [0.717, 1.165) is 0 Å². The molecule has 13 heavy (non-hydrogen) atoms. The molecule has 1 unspecified atom stereocenters. The number of hydrogen-bond acceptors (Lipinski definition) is 1. The first kappa shape index (κ1) is 10.1. The maximum Gasteiger partial charge on any atom is 0.148 e. The summed E-state index contributed by atoms with van der Waals surface area (Å²) < 4.78 is 26.9. The third-order valence-electron chi connectivity index (χ3n) is 1.94. The van der Waals surface area contributed by atoms with Crippen molar-refractivity contribution in [1.29, 1.82) is 0 Å². The lowest BCUT2D eigenvalue weighted by Gasteiger charge is -2.20. The van der Waals surface area contributed by atoms with Crippen LogP contribution in [0, 0.1) is 5.82 Å². The van der Waals surface area contributed by atoms with E-state index in [-0.39, 0.29) is 12.1 Å². The van der Waals surface area contributed by atoms with Crippen LogP contribution in [0.4, 0.5) is 8.78 Å². The average molecular weight is 185 g/mol. The van der Waals surface area contributed by atoms with Crippen LogP contribution in [0.3, 0.4) is 0 Å². The molecule has 1 N–H and O–H groups in total. The fraction of sp³-hybridized carbons (Fsp3) is 0.400. The summed E-state index contributed by atoms with van der Waals surface area (Å²) in [5.41, 5.74) is -1.55. The number of likely N-dealkylation sites (N-methyl/N-ethyl adjacent to an activating group) is 1. The average Bonchev–Trinajstić information content (AvgIpc) is 2.04. The van der Waals surface area contributed by atoms with E-state index in [0.29, 0.717) is 0 Å².